The highest BCUT2D eigenvalue weighted by Gasteiger charge is 2.18. The van der Waals surface area contributed by atoms with Crippen LogP contribution in [0.4, 0.5) is 5.13 Å². The molecular formula is C17H15N7OS. The molecule has 0 aliphatic heterocycles. The molecular weight excluding hydrogens is 350 g/mol. The van der Waals surface area contributed by atoms with E-state index in [1.807, 2.05) is 45.0 Å². The summed E-state index contributed by atoms with van der Waals surface area (Å²) in [4.78, 5) is 30.7. The second kappa shape index (κ2) is 6.26. The van der Waals surface area contributed by atoms with Crippen molar-refractivity contribution in [3.63, 3.8) is 0 Å². The summed E-state index contributed by atoms with van der Waals surface area (Å²) >= 11 is 1.36. The number of rotatable bonds is 3. The number of anilines is 1. The van der Waals surface area contributed by atoms with Gasteiger partial charge in [-0.05, 0) is 39.0 Å². The highest BCUT2D eigenvalue weighted by atomic mass is 32.1. The molecule has 0 aromatic carbocycles. The number of aromatic nitrogens is 6. The van der Waals surface area contributed by atoms with E-state index in [9.17, 15) is 4.79 Å². The molecule has 0 bridgehead atoms. The summed E-state index contributed by atoms with van der Waals surface area (Å²) in [5, 5.41) is 7.47. The van der Waals surface area contributed by atoms with Crippen LogP contribution < -0.4 is 5.32 Å². The van der Waals surface area contributed by atoms with Gasteiger partial charge in [-0.1, -0.05) is 17.4 Å². The standard InChI is InChI=1S/C17H15N7OS/c1-9-8-10(2)24-16(19-9)21-14(23-24)15(25)22-17-20-11(3)13(26-17)12-6-4-5-7-18-12/h4-8H,1-3H3,(H,20,22,25). The van der Waals surface area contributed by atoms with Gasteiger partial charge in [-0.25, -0.2) is 14.5 Å². The summed E-state index contributed by atoms with van der Waals surface area (Å²) in [6.07, 6.45) is 1.73. The van der Waals surface area contributed by atoms with Gasteiger partial charge >= 0.3 is 0 Å². The first kappa shape index (κ1) is 16.3. The quantitative estimate of drug-likeness (QED) is 0.599. The van der Waals surface area contributed by atoms with Crippen LogP contribution in [-0.4, -0.2) is 35.5 Å². The van der Waals surface area contributed by atoms with Gasteiger partial charge in [0.25, 0.3) is 11.7 Å². The minimum Gasteiger partial charge on any atom is -0.295 e. The molecule has 0 aliphatic carbocycles. The molecule has 4 rings (SSSR count). The summed E-state index contributed by atoms with van der Waals surface area (Å²) in [6, 6.07) is 7.56. The van der Waals surface area contributed by atoms with Crippen molar-refractivity contribution in [2.24, 2.45) is 0 Å². The second-order valence-electron chi connectivity index (χ2n) is 5.79. The summed E-state index contributed by atoms with van der Waals surface area (Å²) in [6.45, 7) is 5.65. The van der Waals surface area contributed by atoms with Crippen molar-refractivity contribution in [2.45, 2.75) is 20.8 Å². The van der Waals surface area contributed by atoms with Crippen LogP contribution in [0, 0.1) is 20.8 Å². The van der Waals surface area contributed by atoms with Crippen LogP contribution in [0.15, 0.2) is 30.5 Å². The normalized spacial score (nSPS) is 11.0. The Labute approximate surface area is 153 Å². The lowest BCUT2D eigenvalue weighted by Gasteiger charge is -1.97. The smallest absolute Gasteiger partial charge is 0.295 e. The minimum atomic E-state index is -0.422. The van der Waals surface area contributed by atoms with E-state index in [-0.39, 0.29) is 5.82 Å². The number of fused-ring (bicyclic) bond motifs is 1. The predicted molar refractivity (Wildman–Crippen MR) is 98.3 cm³/mol. The van der Waals surface area contributed by atoms with Crippen LogP contribution >= 0.6 is 11.3 Å². The third-order valence-electron chi connectivity index (χ3n) is 3.74. The molecule has 0 fully saturated rings. The number of hydrogen-bond donors (Lipinski definition) is 1. The Balaban J connectivity index is 1.62. The van der Waals surface area contributed by atoms with E-state index >= 15 is 0 Å². The third kappa shape index (κ3) is 2.93. The molecule has 26 heavy (non-hydrogen) atoms. The van der Waals surface area contributed by atoms with Gasteiger partial charge in [0.05, 0.1) is 16.3 Å². The fraction of sp³-hybridized carbons (Fsp3) is 0.176. The molecule has 1 amide bonds. The average Bonchev–Trinajstić information content (AvgIpc) is 3.19. The van der Waals surface area contributed by atoms with Crippen LogP contribution in [0.25, 0.3) is 16.3 Å². The molecule has 4 heterocycles. The maximum Gasteiger partial charge on any atom is 0.297 e. The van der Waals surface area contributed by atoms with Gasteiger partial charge in [-0.3, -0.25) is 15.1 Å². The number of aryl methyl sites for hydroxylation is 3. The van der Waals surface area contributed by atoms with E-state index in [0.29, 0.717) is 10.9 Å². The zero-order chi connectivity index (χ0) is 18.3. The molecule has 0 saturated carbocycles. The zero-order valence-corrected chi connectivity index (χ0v) is 15.2. The maximum absolute atomic E-state index is 12.5. The number of pyridine rings is 1. The molecule has 0 radical (unpaired) electrons. The summed E-state index contributed by atoms with van der Waals surface area (Å²) in [5.74, 6) is 0.0319. The summed E-state index contributed by atoms with van der Waals surface area (Å²) in [7, 11) is 0. The number of nitrogens with one attached hydrogen (secondary N) is 1. The van der Waals surface area contributed by atoms with Gasteiger partial charge in [-0.2, -0.15) is 4.98 Å². The first-order valence-electron chi connectivity index (χ1n) is 7.92. The molecule has 4 aromatic rings. The molecule has 0 unspecified atom stereocenters. The van der Waals surface area contributed by atoms with Crippen LogP contribution in [0.2, 0.25) is 0 Å². The SMILES string of the molecule is Cc1cc(C)n2nc(C(=O)Nc3nc(C)c(-c4ccccn4)s3)nc2n1. The Morgan fingerprint density at radius 1 is 1.15 bits per heavy atom. The third-order valence-corrected chi connectivity index (χ3v) is 4.83. The van der Waals surface area contributed by atoms with Crippen molar-refractivity contribution in [1.29, 1.82) is 0 Å². The highest BCUT2D eigenvalue weighted by molar-refractivity contribution is 7.19. The zero-order valence-electron chi connectivity index (χ0n) is 14.4. The van der Waals surface area contributed by atoms with Gasteiger partial charge in [0.2, 0.25) is 5.82 Å². The first-order valence-corrected chi connectivity index (χ1v) is 8.74. The number of carbonyl (C=O) groups is 1. The fourth-order valence-corrected chi connectivity index (χ4v) is 3.54. The Bertz CT molecular complexity index is 1120. The monoisotopic (exact) mass is 365 g/mol. The van der Waals surface area contributed by atoms with Crippen LogP contribution in [0.3, 0.4) is 0 Å². The van der Waals surface area contributed by atoms with E-state index < -0.39 is 5.91 Å². The van der Waals surface area contributed by atoms with Gasteiger partial charge in [0.15, 0.2) is 5.13 Å². The van der Waals surface area contributed by atoms with Crippen molar-refractivity contribution in [1.82, 2.24) is 29.5 Å². The number of carbonyl (C=O) groups excluding carboxylic acids is 1. The van der Waals surface area contributed by atoms with Crippen molar-refractivity contribution in [3.8, 4) is 10.6 Å². The lowest BCUT2D eigenvalue weighted by molar-refractivity contribution is 0.101. The van der Waals surface area contributed by atoms with Crippen molar-refractivity contribution in [3.05, 3.63) is 53.4 Å². The van der Waals surface area contributed by atoms with Crippen LogP contribution in [-0.2, 0) is 0 Å². The molecule has 1 N–H and O–H groups in total. The maximum atomic E-state index is 12.5. The van der Waals surface area contributed by atoms with Crippen LogP contribution in [0.1, 0.15) is 27.7 Å². The Morgan fingerprint density at radius 2 is 2.00 bits per heavy atom. The Kier molecular flexibility index (Phi) is 3.92. The van der Waals surface area contributed by atoms with E-state index in [4.69, 9.17) is 0 Å². The van der Waals surface area contributed by atoms with Crippen LogP contribution in [0.5, 0.6) is 0 Å². The molecule has 0 saturated heterocycles. The highest BCUT2D eigenvalue weighted by Crippen LogP contribution is 2.31. The topological polar surface area (TPSA) is 98.0 Å². The number of thiazole rings is 1. The van der Waals surface area contributed by atoms with Crippen molar-refractivity contribution < 1.29 is 4.79 Å². The second-order valence-corrected chi connectivity index (χ2v) is 6.79. The predicted octanol–water partition coefficient (Wildman–Crippen LogP) is 2.82. The molecule has 0 aliphatic rings. The molecule has 0 spiro atoms. The van der Waals surface area contributed by atoms with Gasteiger partial charge < -0.3 is 0 Å². The van der Waals surface area contributed by atoms with Gasteiger partial charge in [-0.15, -0.1) is 5.10 Å². The lowest BCUT2D eigenvalue weighted by atomic mass is 10.3. The Hall–Kier alpha value is -3.20. The largest absolute Gasteiger partial charge is 0.297 e. The molecule has 9 heteroatoms. The van der Waals surface area contributed by atoms with Gasteiger partial charge in [0.1, 0.15) is 0 Å². The fourth-order valence-electron chi connectivity index (χ4n) is 2.60. The summed E-state index contributed by atoms with van der Waals surface area (Å²) in [5.41, 5.74) is 3.32. The number of nitrogens with zero attached hydrogens (tertiary/aromatic N) is 6. The van der Waals surface area contributed by atoms with Crippen molar-refractivity contribution >= 4 is 28.2 Å². The number of hydrogen-bond acceptors (Lipinski definition) is 7. The van der Waals surface area contributed by atoms with E-state index in [1.54, 1.807) is 10.7 Å². The van der Waals surface area contributed by atoms with E-state index in [1.165, 1.54) is 11.3 Å². The van der Waals surface area contributed by atoms with Gasteiger partial charge in [0, 0.05) is 17.6 Å². The molecule has 130 valence electrons. The molecule has 4 aromatic heterocycles. The van der Waals surface area contributed by atoms with E-state index in [0.717, 1.165) is 27.7 Å². The lowest BCUT2D eigenvalue weighted by Crippen LogP contribution is -2.13. The minimum absolute atomic E-state index is 0.0541. The average molecular weight is 365 g/mol. The molecule has 8 nitrogen and oxygen atoms in total. The molecule has 0 atom stereocenters. The van der Waals surface area contributed by atoms with E-state index in [2.05, 4.69) is 30.4 Å². The Morgan fingerprint density at radius 3 is 2.77 bits per heavy atom. The first-order chi connectivity index (χ1) is 12.5. The van der Waals surface area contributed by atoms with Crippen molar-refractivity contribution in [2.75, 3.05) is 5.32 Å². The summed E-state index contributed by atoms with van der Waals surface area (Å²) < 4.78 is 1.55. The number of amides is 1.